The molecule has 1 aliphatic heterocycles. The van der Waals surface area contributed by atoms with Crippen LogP contribution >= 0.6 is 0 Å². The molecule has 1 spiro atoms. The molecule has 0 unspecified atom stereocenters. The predicted molar refractivity (Wildman–Crippen MR) is 59.0 cm³/mol. The van der Waals surface area contributed by atoms with E-state index in [0.717, 1.165) is 5.41 Å². The van der Waals surface area contributed by atoms with E-state index in [0.29, 0.717) is 0 Å². The molecule has 0 aromatic carbocycles. The van der Waals surface area contributed by atoms with E-state index < -0.39 is 0 Å². The Balaban J connectivity index is 0.000000396. The van der Waals surface area contributed by atoms with Crippen LogP contribution < -0.4 is 0 Å². The topological polar surface area (TPSA) is 3.24 Å². The van der Waals surface area contributed by atoms with Gasteiger partial charge in [-0.15, -0.1) is 0 Å². The van der Waals surface area contributed by atoms with Crippen molar-refractivity contribution in [1.82, 2.24) is 4.90 Å². The lowest BCUT2D eigenvalue weighted by molar-refractivity contribution is 0.173. The van der Waals surface area contributed by atoms with Crippen molar-refractivity contribution < 1.29 is 0 Å². The highest BCUT2D eigenvalue weighted by Gasteiger charge is 2.43. The van der Waals surface area contributed by atoms with Crippen LogP contribution in [-0.2, 0) is 0 Å². The Hall–Kier alpha value is -0.0400. The van der Waals surface area contributed by atoms with Crippen LogP contribution in [-0.4, -0.2) is 24.5 Å². The lowest BCUT2D eigenvalue weighted by Gasteiger charge is -2.31. The molecule has 1 nitrogen and oxygen atoms in total. The summed E-state index contributed by atoms with van der Waals surface area (Å²) < 4.78 is 0. The van der Waals surface area contributed by atoms with E-state index in [1.54, 1.807) is 0 Å². The lowest BCUT2D eigenvalue weighted by Crippen LogP contribution is -2.34. The van der Waals surface area contributed by atoms with Crippen LogP contribution in [0, 0.1) is 5.41 Å². The SMILES string of the molecule is CC.CCCN1CCC2(CC1)CC2. The van der Waals surface area contributed by atoms with Crippen LogP contribution in [0.2, 0.25) is 0 Å². The second-order valence-electron chi connectivity index (χ2n) is 4.34. The van der Waals surface area contributed by atoms with Gasteiger partial charge in [-0.05, 0) is 57.2 Å². The molecule has 0 amide bonds. The predicted octanol–water partition coefficient (Wildman–Crippen LogP) is 3.30. The number of hydrogen-bond acceptors (Lipinski definition) is 1. The summed E-state index contributed by atoms with van der Waals surface area (Å²) in [5.41, 5.74) is 0.865. The van der Waals surface area contributed by atoms with E-state index in [-0.39, 0.29) is 0 Å². The first-order chi connectivity index (χ1) is 6.35. The summed E-state index contributed by atoms with van der Waals surface area (Å²) in [6, 6.07) is 0. The Morgan fingerprint density at radius 2 is 1.54 bits per heavy atom. The summed E-state index contributed by atoms with van der Waals surface area (Å²) in [7, 11) is 0. The Kier molecular flexibility index (Phi) is 4.24. The third kappa shape index (κ3) is 2.98. The maximum Gasteiger partial charge on any atom is -0.00134 e. The largest absolute Gasteiger partial charge is 0.303 e. The number of hydrogen-bond donors (Lipinski definition) is 0. The molecule has 2 fully saturated rings. The van der Waals surface area contributed by atoms with E-state index in [1.807, 2.05) is 13.8 Å². The first-order valence-corrected chi connectivity index (χ1v) is 6.07. The second-order valence-corrected chi connectivity index (χ2v) is 4.34. The minimum Gasteiger partial charge on any atom is -0.303 e. The number of piperidine rings is 1. The molecule has 1 aliphatic carbocycles. The fourth-order valence-electron chi connectivity index (χ4n) is 2.24. The molecule has 1 saturated carbocycles. The second kappa shape index (κ2) is 4.99. The van der Waals surface area contributed by atoms with E-state index in [1.165, 1.54) is 51.7 Å². The molecule has 0 aromatic heterocycles. The molecule has 2 rings (SSSR count). The normalized spacial score (nSPS) is 25.2. The highest BCUT2D eigenvalue weighted by atomic mass is 15.1. The monoisotopic (exact) mass is 183 g/mol. The Morgan fingerprint density at radius 3 is 1.92 bits per heavy atom. The van der Waals surface area contributed by atoms with Gasteiger partial charge in [0.2, 0.25) is 0 Å². The summed E-state index contributed by atoms with van der Waals surface area (Å²) in [6.45, 7) is 10.4. The van der Waals surface area contributed by atoms with Crippen molar-refractivity contribution in [2.24, 2.45) is 5.41 Å². The number of likely N-dealkylation sites (tertiary alicyclic amines) is 1. The highest BCUT2D eigenvalue weighted by molar-refractivity contribution is 4.96. The Labute approximate surface area is 83.5 Å². The number of nitrogens with zero attached hydrogens (tertiary/aromatic N) is 1. The maximum atomic E-state index is 2.63. The maximum absolute atomic E-state index is 2.63. The van der Waals surface area contributed by atoms with Crippen LogP contribution in [0.15, 0.2) is 0 Å². The zero-order valence-electron chi connectivity index (χ0n) is 9.60. The van der Waals surface area contributed by atoms with E-state index >= 15 is 0 Å². The van der Waals surface area contributed by atoms with Gasteiger partial charge in [-0.25, -0.2) is 0 Å². The van der Waals surface area contributed by atoms with Crippen molar-refractivity contribution >= 4 is 0 Å². The lowest BCUT2D eigenvalue weighted by atomic mass is 9.94. The first kappa shape index (κ1) is 11.0. The molecule has 1 heterocycles. The fraction of sp³-hybridized carbons (Fsp3) is 1.00. The number of rotatable bonds is 2. The minimum absolute atomic E-state index is 0.865. The molecule has 0 atom stereocenters. The third-order valence-electron chi connectivity index (χ3n) is 3.41. The standard InChI is InChI=1S/C10H19N.C2H6/c1-2-7-11-8-5-10(3-4-10)6-9-11;1-2/h2-9H2,1H3;1-2H3. The van der Waals surface area contributed by atoms with Crippen molar-refractivity contribution in [2.45, 2.75) is 52.9 Å². The van der Waals surface area contributed by atoms with Crippen LogP contribution in [0.4, 0.5) is 0 Å². The molecule has 0 N–H and O–H groups in total. The van der Waals surface area contributed by atoms with Crippen molar-refractivity contribution in [3.8, 4) is 0 Å². The van der Waals surface area contributed by atoms with Gasteiger partial charge in [0.1, 0.15) is 0 Å². The first-order valence-electron chi connectivity index (χ1n) is 6.07. The molecule has 0 bridgehead atoms. The van der Waals surface area contributed by atoms with Gasteiger partial charge in [0.25, 0.3) is 0 Å². The van der Waals surface area contributed by atoms with E-state index in [9.17, 15) is 0 Å². The molecule has 13 heavy (non-hydrogen) atoms. The van der Waals surface area contributed by atoms with Crippen molar-refractivity contribution in [3.05, 3.63) is 0 Å². The van der Waals surface area contributed by atoms with Crippen molar-refractivity contribution in [3.63, 3.8) is 0 Å². The molecular weight excluding hydrogens is 158 g/mol. The molecule has 1 heteroatoms. The highest BCUT2D eigenvalue weighted by Crippen LogP contribution is 2.53. The third-order valence-corrected chi connectivity index (χ3v) is 3.41. The molecule has 78 valence electrons. The average Bonchev–Trinajstić information content (AvgIpc) is 2.94. The minimum atomic E-state index is 0.865. The van der Waals surface area contributed by atoms with E-state index in [4.69, 9.17) is 0 Å². The Bertz CT molecular complexity index is 128. The van der Waals surface area contributed by atoms with Crippen LogP contribution in [0.3, 0.4) is 0 Å². The smallest absolute Gasteiger partial charge is 0.00134 e. The van der Waals surface area contributed by atoms with E-state index in [2.05, 4.69) is 11.8 Å². The van der Waals surface area contributed by atoms with Gasteiger partial charge >= 0.3 is 0 Å². The van der Waals surface area contributed by atoms with Gasteiger partial charge in [-0.3, -0.25) is 0 Å². The van der Waals surface area contributed by atoms with Gasteiger partial charge in [-0.2, -0.15) is 0 Å². The van der Waals surface area contributed by atoms with Gasteiger partial charge in [0.05, 0.1) is 0 Å². The summed E-state index contributed by atoms with van der Waals surface area (Å²) in [5.74, 6) is 0. The molecule has 1 saturated heterocycles. The van der Waals surface area contributed by atoms with Gasteiger partial charge in [0.15, 0.2) is 0 Å². The molecule has 0 aromatic rings. The zero-order chi connectivity index (χ0) is 9.73. The van der Waals surface area contributed by atoms with Crippen molar-refractivity contribution in [1.29, 1.82) is 0 Å². The molecular formula is C12H25N. The molecule has 0 radical (unpaired) electrons. The fourth-order valence-corrected chi connectivity index (χ4v) is 2.24. The van der Waals surface area contributed by atoms with Gasteiger partial charge in [-0.1, -0.05) is 20.8 Å². The summed E-state index contributed by atoms with van der Waals surface area (Å²) in [6.07, 6.45) is 7.38. The Morgan fingerprint density at radius 1 is 1.00 bits per heavy atom. The summed E-state index contributed by atoms with van der Waals surface area (Å²) in [5, 5.41) is 0. The van der Waals surface area contributed by atoms with Gasteiger partial charge < -0.3 is 4.90 Å². The summed E-state index contributed by atoms with van der Waals surface area (Å²) >= 11 is 0. The summed E-state index contributed by atoms with van der Waals surface area (Å²) in [4.78, 5) is 2.63. The van der Waals surface area contributed by atoms with Crippen molar-refractivity contribution in [2.75, 3.05) is 19.6 Å². The van der Waals surface area contributed by atoms with Gasteiger partial charge in [0, 0.05) is 0 Å². The van der Waals surface area contributed by atoms with Crippen LogP contribution in [0.1, 0.15) is 52.9 Å². The quantitative estimate of drug-likeness (QED) is 0.635. The van der Waals surface area contributed by atoms with Crippen LogP contribution in [0.25, 0.3) is 0 Å². The zero-order valence-corrected chi connectivity index (χ0v) is 9.60. The van der Waals surface area contributed by atoms with Crippen LogP contribution in [0.5, 0.6) is 0 Å². The average molecular weight is 183 g/mol. The molecule has 2 aliphatic rings.